The van der Waals surface area contributed by atoms with E-state index in [1.54, 1.807) is 0 Å². The number of anilines is 1. The van der Waals surface area contributed by atoms with E-state index in [1.807, 2.05) is 24.3 Å². The molecule has 120 valence electrons. The number of nitrogens with zero attached hydrogens (tertiary/aromatic N) is 2. The first-order valence-corrected chi connectivity index (χ1v) is 7.99. The lowest BCUT2D eigenvalue weighted by Crippen LogP contribution is -2.47. The highest BCUT2D eigenvalue weighted by molar-refractivity contribution is 5.89. The van der Waals surface area contributed by atoms with Crippen LogP contribution in [0.1, 0.15) is 16.8 Å². The minimum absolute atomic E-state index is 0.282. The summed E-state index contributed by atoms with van der Waals surface area (Å²) in [7, 11) is 1.41. The zero-order chi connectivity index (χ0) is 15.4. The van der Waals surface area contributed by atoms with Gasteiger partial charge in [-0.2, -0.15) is 0 Å². The molecular weight excluding hydrogens is 280 g/mol. The van der Waals surface area contributed by atoms with E-state index in [-0.39, 0.29) is 5.97 Å². The second-order valence-electron chi connectivity index (χ2n) is 6.06. The van der Waals surface area contributed by atoms with E-state index in [1.165, 1.54) is 19.2 Å². The van der Waals surface area contributed by atoms with E-state index in [4.69, 9.17) is 9.47 Å². The molecule has 2 aliphatic heterocycles. The third kappa shape index (κ3) is 3.59. The van der Waals surface area contributed by atoms with Crippen LogP contribution in [0.15, 0.2) is 24.3 Å². The van der Waals surface area contributed by atoms with Crippen molar-refractivity contribution >= 4 is 11.7 Å². The summed E-state index contributed by atoms with van der Waals surface area (Å²) in [6.45, 7) is 7.27. The van der Waals surface area contributed by atoms with Gasteiger partial charge in [-0.3, -0.25) is 4.90 Å². The van der Waals surface area contributed by atoms with Crippen molar-refractivity contribution in [3.05, 3.63) is 29.8 Å². The number of piperazine rings is 1. The number of methoxy groups -OCH3 is 1. The average molecular weight is 304 g/mol. The van der Waals surface area contributed by atoms with E-state index in [9.17, 15) is 4.79 Å². The third-order valence-electron chi connectivity index (χ3n) is 4.57. The number of rotatable bonds is 4. The Kier molecular flexibility index (Phi) is 4.95. The minimum Gasteiger partial charge on any atom is -0.465 e. The Morgan fingerprint density at radius 3 is 2.55 bits per heavy atom. The SMILES string of the molecule is COC(=O)c1ccc(N2CCN(CC3CCOC3)CC2)cc1. The number of carbonyl (C=O) groups is 1. The molecular formula is C17H24N2O3. The Bertz CT molecular complexity index is 489. The number of esters is 1. The standard InChI is InChI=1S/C17H24N2O3/c1-21-17(20)15-2-4-16(5-3-15)19-9-7-18(8-10-19)12-14-6-11-22-13-14/h2-5,14H,6-13H2,1H3. The lowest BCUT2D eigenvalue weighted by Gasteiger charge is -2.37. The maximum atomic E-state index is 11.5. The summed E-state index contributed by atoms with van der Waals surface area (Å²) in [6, 6.07) is 7.69. The zero-order valence-corrected chi connectivity index (χ0v) is 13.2. The normalized spacial score (nSPS) is 22.8. The molecule has 0 saturated carbocycles. The summed E-state index contributed by atoms with van der Waals surface area (Å²) in [5, 5.41) is 0. The molecule has 0 N–H and O–H groups in total. The number of carbonyl (C=O) groups excluding carboxylic acids is 1. The fourth-order valence-electron chi connectivity index (χ4n) is 3.21. The highest BCUT2D eigenvalue weighted by atomic mass is 16.5. The van der Waals surface area contributed by atoms with Crippen LogP contribution in [0.2, 0.25) is 0 Å². The van der Waals surface area contributed by atoms with Crippen molar-refractivity contribution < 1.29 is 14.3 Å². The second-order valence-corrected chi connectivity index (χ2v) is 6.06. The van der Waals surface area contributed by atoms with Gasteiger partial charge in [-0.05, 0) is 36.6 Å². The first kappa shape index (κ1) is 15.3. The highest BCUT2D eigenvalue weighted by Crippen LogP contribution is 2.19. The quantitative estimate of drug-likeness (QED) is 0.791. The molecule has 0 aromatic heterocycles. The van der Waals surface area contributed by atoms with E-state index >= 15 is 0 Å². The minimum atomic E-state index is -0.282. The van der Waals surface area contributed by atoms with Crippen molar-refractivity contribution in [2.24, 2.45) is 5.92 Å². The Labute approximate surface area is 131 Å². The van der Waals surface area contributed by atoms with Gasteiger partial charge in [0.05, 0.1) is 19.3 Å². The van der Waals surface area contributed by atoms with Gasteiger partial charge in [0, 0.05) is 45.0 Å². The summed E-state index contributed by atoms with van der Waals surface area (Å²) in [5.41, 5.74) is 1.78. The van der Waals surface area contributed by atoms with Crippen LogP contribution in [0.25, 0.3) is 0 Å². The summed E-state index contributed by atoms with van der Waals surface area (Å²) in [4.78, 5) is 16.4. The smallest absolute Gasteiger partial charge is 0.337 e. The van der Waals surface area contributed by atoms with Gasteiger partial charge < -0.3 is 14.4 Å². The van der Waals surface area contributed by atoms with Crippen LogP contribution >= 0.6 is 0 Å². The molecule has 5 heteroatoms. The summed E-state index contributed by atoms with van der Waals surface area (Å²) in [5.74, 6) is 0.432. The molecule has 5 nitrogen and oxygen atoms in total. The van der Waals surface area contributed by atoms with E-state index in [2.05, 4.69) is 9.80 Å². The van der Waals surface area contributed by atoms with Gasteiger partial charge in [-0.25, -0.2) is 4.79 Å². The van der Waals surface area contributed by atoms with E-state index < -0.39 is 0 Å². The third-order valence-corrected chi connectivity index (χ3v) is 4.57. The first-order valence-electron chi connectivity index (χ1n) is 7.99. The molecule has 2 heterocycles. The summed E-state index contributed by atoms with van der Waals surface area (Å²) < 4.78 is 10.2. The van der Waals surface area contributed by atoms with E-state index in [0.29, 0.717) is 11.5 Å². The molecule has 0 bridgehead atoms. The highest BCUT2D eigenvalue weighted by Gasteiger charge is 2.22. The molecule has 2 aliphatic rings. The van der Waals surface area contributed by atoms with Gasteiger partial charge >= 0.3 is 5.97 Å². The lowest BCUT2D eigenvalue weighted by molar-refractivity contribution is 0.0601. The molecule has 0 radical (unpaired) electrons. The van der Waals surface area contributed by atoms with Crippen LogP contribution in [-0.4, -0.2) is 63.9 Å². The molecule has 0 amide bonds. The second kappa shape index (κ2) is 7.11. The van der Waals surface area contributed by atoms with Crippen LogP contribution in [0.5, 0.6) is 0 Å². The Hall–Kier alpha value is -1.59. The number of ether oxygens (including phenoxy) is 2. The van der Waals surface area contributed by atoms with Crippen LogP contribution in [0.4, 0.5) is 5.69 Å². The number of benzene rings is 1. The lowest BCUT2D eigenvalue weighted by atomic mass is 10.1. The van der Waals surface area contributed by atoms with Crippen molar-refractivity contribution in [2.45, 2.75) is 6.42 Å². The van der Waals surface area contributed by atoms with E-state index in [0.717, 1.165) is 45.9 Å². The summed E-state index contributed by atoms with van der Waals surface area (Å²) >= 11 is 0. The Balaban J connectivity index is 1.51. The first-order chi connectivity index (χ1) is 10.8. The van der Waals surface area contributed by atoms with Crippen molar-refractivity contribution in [3.63, 3.8) is 0 Å². The molecule has 22 heavy (non-hydrogen) atoms. The molecule has 1 aromatic rings. The van der Waals surface area contributed by atoms with Gasteiger partial charge in [0.2, 0.25) is 0 Å². The van der Waals surface area contributed by atoms with Gasteiger partial charge in [-0.15, -0.1) is 0 Å². The van der Waals surface area contributed by atoms with Gasteiger partial charge in [-0.1, -0.05) is 0 Å². The Morgan fingerprint density at radius 2 is 1.95 bits per heavy atom. The van der Waals surface area contributed by atoms with Crippen molar-refractivity contribution in [2.75, 3.05) is 57.9 Å². The summed E-state index contributed by atoms with van der Waals surface area (Å²) in [6.07, 6.45) is 1.20. The molecule has 1 unspecified atom stereocenters. The molecule has 1 aromatic carbocycles. The van der Waals surface area contributed by atoms with Gasteiger partial charge in [0.25, 0.3) is 0 Å². The molecule has 0 aliphatic carbocycles. The largest absolute Gasteiger partial charge is 0.465 e. The van der Waals surface area contributed by atoms with Crippen molar-refractivity contribution in [3.8, 4) is 0 Å². The molecule has 3 rings (SSSR count). The topological polar surface area (TPSA) is 42.0 Å². The average Bonchev–Trinajstić information content (AvgIpc) is 3.08. The van der Waals surface area contributed by atoms with Gasteiger partial charge in [0.1, 0.15) is 0 Å². The van der Waals surface area contributed by atoms with Crippen LogP contribution in [0, 0.1) is 5.92 Å². The fourth-order valence-corrected chi connectivity index (χ4v) is 3.21. The molecule has 1 atom stereocenters. The predicted octanol–water partition coefficient (Wildman–Crippen LogP) is 1.63. The molecule has 2 saturated heterocycles. The zero-order valence-electron chi connectivity index (χ0n) is 13.2. The molecule has 0 spiro atoms. The van der Waals surface area contributed by atoms with Crippen LogP contribution in [-0.2, 0) is 9.47 Å². The fraction of sp³-hybridized carbons (Fsp3) is 0.588. The monoisotopic (exact) mass is 304 g/mol. The maximum Gasteiger partial charge on any atom is 0.337 e. The van der Waals surface area contributed by atoms with Crippen molar-refractivity contribution in [1.82, 2.24) is 4.90 Å². The Morgan fingerprint density at radius 1 is 1.23 bits per heavy atom. The van der Waals surface area contributed by atoms with Crippen LogP contribution in [0.3, 0.4) is 0 Å². The van der Waals surface area contributed by atoms with Gasteiger partial charge in [0.15, 0.2) is 0 Å². The van der Waals surface area contributed by atoms with Crippen LogP contribution < -0.4 is 4.90 Å². The number of hydrogen-bond acceptors (Lipinski definition) is 5. The predicted molar refractivity (Wildman–Crippen MR) is 85.4 cm³/mol. The van der Waals surface area contributed by atoms with Crippen molar-refractivity contribution in [1.29, 1.82) is 0 Å². The maximum absolute atomic E-state index is 11.5. The molecule has 2 fully saturated rings. The number of hydrogen-bond donors (Lipinski definition) is 0.